The number of nitrogens with one attached hydrogen (secondary N) is 1. The molecule has 2 aromatic heterocycles. The number of nitrogen functional groups attached to an aromatic ring is 1. The summed E-state index contributed by atoms with van der Waals surface area (Å²) in [5, 5.41) is 12.2. The quantitative estimate of drug-likeness (QED) is 0.525. The van der Waals surface area contributed by atoms with Crippen molar-refractivity contribution in [3.05, 3.63) is 23.2 Å². The van der Waals surface area contributed by atoms with Gasteiger partial charge in [0.1, 0.15) is 11.1 Å². The lowest BCUT2D eigenvalue weighted by Gasteiger charge is -2.18. The molecule has 0 amide bonds. The first kappa shape index (κ1) is 20.5. The molecule has 2 aliphatic rings. The van der Waals surface area contributed by atoms with E-state index in [1.807, 2.05) is 18.2 Å². The predicted octanol–water partition coefficient (Wildman–Crippen LogP) is 3.04. The van der Waals surface area contributed by atoms with E-state index in [1.54, 1.807) is 0 Å². The van der Waals surface area contributed by atoms with Crippen molar-refractivity contribution in [2.75, 3.05) is 30.3 Å². The van der Waals surface area contributed by atoms with Crippen LogP contribution in [-0.2, 0) is 4.79 Å². The largest absolute Gasteiger partial charge is 0.490 e. The molecule has 0 saturated carbocycles. The van der Waals surface area contributed by atoms with Crippen molar-refractivity contribution in [1.29, 1.82) is 0 Å². The summed E-state index contributed by atoms with van der Waals surface area (Å²) >= 11 is 6.11. The zero-order valence-electron chi connectivity index (χ0n) is 15.4. The number of nitrogens with two attached hydrogens (primary N) is 1. The summed E-state index contributed by atoms with van der Waals surface area (Å²) in [6.45, 7) is 3.00. The van der Waals surface area contributed by atoms with Crippen LogP contribution in [0.15, 0.2) is 22.6 Å². The van der Waals surface area contributed by atoms with E-state index in [4.69, 9.17) is 31.7 Å². The van der Waals surface area contributed by atoms with E-state index in [0.717, 1.165) is 41.9 Å². The number of carboxylic acid groups (broad SMARTS) is 1. The second-order valence-corrected chi connectivity index (χ2v) is 7.58. The topological polar surface area (TPSA) is 118 Å². The second kappa shape index (κ2) is 7.47. The third-order valence-electron chi connectivity index (χ3n) is 5.18. The van der Waals surface area contributed by atoms with Crippen molar-refractivity contribution in [2.24, 2.45) is 5.92 Å². The van der Waals surface area contributed by atoms with Crippen LogP contribution in [0.5, 0.6) is 0 Å². The number of rotatable bonds is 1. The summed E-state index contributed by atoms with van der Waals surface area (Å²) in [6, 6.07) is 6.06. The van der Waals surface area contributed by atoms with Crippen LogP contribution >= 0.6 is 11.6 Å². The number of aromatic nitrogens is 2. The van der Waals surface area contributed by atoms with Crippen molar-refractivity contribution in [1.82, 2.24) is 15.3 Å². The van der Waals surface area contributed by atoms with Crippen LogP contribution in [0, 0.1) is 5.92 Å². The van der Waals surface area contributed by atoms with Crippen molar-refractivity contribution in [3.63, 3.8) is 0 Å². The number of carbonyl (C=O) groups is 1. The molecular weight excluding hydrogens is 427 g/mol. The van der Waals surface area contributed by atoms with Crippen molar-refractivity contribution in [3.8, 4) is 0 Å². The minimum Gasteiger partial charge on any atom is -0.475 e. The molecule has 12 heteroatoms. The second-order valence-electron chi connectivity index (χ2n) is 7.14. The van der Waals surface area contributed by atoms with Gasteiger partial charge in [0.15, 0.2) is 11.4 Å². The van der Waals surface area contributed by atoms with Gasteiger partial charge in [-0.25, -0.2) is 9.78 Å². The lowest BCUT2D eigenvalue weighted by molar-refractivity contribution is -0.192. The fourth-order valence-electron chi connectivity index (χ4n) is 3.85. The van der Waals surface area contributed by atoms with Gasteiger partial charge in [-0.1, -0.05) is 11.6 Å². The SMILES string of the molecule is Nc1nc(N2CC3CCNC3C2)c2oc3ccc(Cl)cc3c2n1.O=C(O)C(F)(F)F. The highest BCUT2D eigenvalue weighted by Crippen LogP contribution is 2.37. The van der Waals surface area contributed by atoms with Crippen LogP contribution in [0.2, 0.25) is 5.02 Å². The summed E-state index contributed by atoms with van der Waals surface area (Å²) in [6.07, 6.45) is -3.87. The number of anilines is 2. The van der Waals surface area contributed by atoms with E-state index in [-0.39, 0.29) is 5.95 Å². The Morgan fingerprint density at radius 2 is 2.07 bits per heavy atom. The maximum atomic E-state index is 10.6. The highest BCUT2D eigenvalue weighted by molar-refractivity contribution is 6.31. The molecule has 5 rings (SSSR count). The number of carboxylic acids is 1. The minimum absolute atomic E-state index is 0.264. The van der Waals surface area contributed by atoms with Crippen molar-refractivity contribution >= 4 is 51.4 Å². The Kier molecular flexibility index (Phi) is 5.10. The number of aliphatic carboxylic acids is 1. The molecule has 4 N–H and O–H groups in total. The Bertz CT molecular complexity index is 1110. The third-order valence-corrected chi connectivity index (χ3v) is 5.41. The standard InChI is InChI=1S/C16H16ClN5O.C2HF3O2/c17-9-1-2-12-10(5-9)13-14(23-12)15(21-16(18)20-13)22-6-8-3-4-19-11(8)7-22;3-2(4,5)1(6)7/h1-2,5,8,11,19H,3-4,6-7H2,(H2,18,20,21);(H,6,7). The van der Waals surface area contributed by atoms with E-state index < -0.39 is 12.1 Å². The molecule has 30 heavy (non-hydrogen) atoms. The van der Waals surface area contributed by atoms with E-state index in [9.17, 15) is 13.2 Å². The molecule has 2 unspecified atom stereocenters. The molecule has 8 nitrogen and oxygen atoms in total. The average Bonchev–Trinajstić information content (AvgIpc) is 3.34. The molecule has 4 heterocycles. The van der Waals surface area contributed by atoms with Crippen molar-refractivity contribution in [2.45, 2.75) is 18.6 Å². The first-order valence-electron chi connectivity index (χ1n) is 9.07. The number of hydrogen-bond donors (Lipinski definition) is 3. The van der Waals surface area contributed by atoms with Gasteiger partial charge in [-0.15, -0.1) is 0 Å². The van der Waals surface area contributed by atoms with E-state index in [0.29, 0.717) is 22.6 Å². The first-order valence-corrected chi connectivity index (χ1v) is 9.45. The molecule has 160 valence electrons. The molecule has 1 aromatic carbocycles. The van der Waals surface area contributed by atoms with Crippen LogP contribution in [0.4, 0.5) is 24.9 Å². The molecular formula is C18H17ClF3N5O3. The van der Waals surface area contributed by atoms with E-state index in [2.05, 4.69) is 20.2 Å². The van der Waals surface area contributed by atoms with Gasteiger partial charge in [0, 0.05) is 29.5 Å². The van der Waals surface area contributed by atoms with Gasteiger partial charge in [0.25, 0.3) is 0 Å². The summed E-state index contributed by atoms with van der Waals surface area (Å²) in [5.41, 5.74) is 8.13. The highest BCUT2D eigenvalue weighted by Gasteiger charge is 2.38. The smallest absolute Gasteiger partial charge is 0.475 e. The fourth-order valence-corrected chi connectivity index (χ4v) is 4.03. The monoisotopic (exact) mass is 443 g/mol. The molecule has 0 radical (unpaired) electrons. The highest BCUT2D eigenvalue weighted by atomic mass is 35.5. The third kappa shape index (κ3) is 3.82. The Morgan fingerprint density at radius 1 is 1.33 bits per heavy atom. The molecule has 2 fully saturated rings. The number of fused-ring (bicyclic) bond motifs is 4. The van der Waals surface area contributed by atoms with Gasteiger partial charge >= 0.3 is 12.1 Å². The Morgan fingerprint density at radius 3 is 2.73 bits per heavy atom. The Balaban J connectivity index is 0.000000272. The maximum Gasteiger partial charge on any atom is 0.490 e. The summed E-state index contributed by atoms with van der Waals surface area (Å²) in [4.78, 5) is 20.0. The Labute approximate surface area is 172 Å². The van der Waals surface area contributed by atoms with Gasteiger partial charge in [-0.05, 0) is 37.1 Å². The van der Waals surface area contributed by atoms with Gasteiger partial charge in [0.05, 0.1) is 0 Å². The molecule has 0 aliphatic carbocycles. The summed E-state index contributed by atoms with van der Waals surface area (Å²) < 4.78 is 37.8. The zero-order valence-corrected chi connectivity index (χ0v) is 16.2. The number of alkyl halides is 3. The van der Waals surface area contributed by atoms with Gasteiger partial charge < -0.3 is 25.5 Å². The van der Waals surface area contributed by atoms with Crippen LogP contribution in [0.25, 0.3) is 22.1 Å². The number of hydrogen-bond acceptors (Lipinski definition) is 7. The maximum absolute atomic E-state index is 10.6. The number of halogens is 4. The lowest BCUT2D eigenvalue weighted by atomic mass is 10.1. The van der Waals surface area contributed by atoms with Crippen molar-refractivity contribution < 1.29 is 27.5 Å². The molecule has 2 saturated heterocycles. The lowest BCUT2D eigenvalue weighted by Crippen LogP contribution is -2.30. The van der Waals surface area contributed by atoms with Crippen LogP contribution < -0.4 is 16.0 Å². The molecule has 3 aromatic rings. The molecule has 0 bridgehead atoms. The number of benzene rings is 1. The van der Waals surface area contributed by atoms with Gasteiger partial charge in [-0.3, -0.25) is 0 Å². The summed E-state index contributed by atoms with van der Waals surface area (Å²) in [5.74, 6) is -1.04. The van der Waals surface area contributed by atoms with Gasteiger partial charge in [0.2, 0.25) is 5.95 Å². The van der Waals surface area contributed by atoms with Crippen LogP contribution in [0.1, 0.15) is 6.42 Å². The fraction of sp³-hybridized carbons (Fsp3) is 0.389. The predicted molar refractivity (Wildman–Crippen MR) is 105 cm³/mol. The molecule has 0 spiro atoms. The zero-order chi connectivity index (χ0) is 21.6. The Hall–Kier alpha value is -2.79. The average molecular weight is 444 g/mol. The van der Waals surface area contributed by atoms with E-state index in [1.165, 1.54) is 6.42 Å². The summed E-state index contributed by atoms with van der Waals surface area (Å²) in [7, 11) is 0. The van der Waals surface area contributed by atoms with Crippen LogP contribution in [0.3, 0.4) is 0 Å². The number of furan rings is 1. The molecule has 2 aliphatic heterocycles. The van der Waals surface area contributed by atoms with Crippen LogP contribution in [-0.4, -0.2) is 52.9 Å². The minimum atomic E-state index is -5.08. The first-order chi connectivity index (χ1) is 14.1. The van der Waals surface area contributed by atoms with Gasteiger partial charge in [-0.2, -0.15) is 18.2 Å². The molecule has 2 atom stereocenters. The normalized spacial score (nSPS) is 21.0. The number of nitrogens with zero attached hydrogens (tertiary/aromatic N) is 3. The van der Waals surface area contributed by atoms with E-state index >= 15 is 0 Å².